The molecule has 1 atom stereocenters. The van der Waals surface area contributed by atoms with Crippen LogP contribution < -0.4 is 15.7 Å². The van der Waals surface area contributed by atoms with E-state index in [-0.39, 0.29) is 17.5 Å². The van der Waals surface area contributed by atoms with Gasteiger partial charge in [-0.2, -0.15) is 5.10 Å². The van der Waals surface area contributed by atoms with Crippen molar-refractivity contribution in [3.05, 3.63) is 58.2 Å². The quantitative estimate of drug-likeness (QED) is 0.720. The zero-order valence-corrected chi connectivity index (χ0v) is 14.3. The van der Waals surface area contributed by atoms with Crippen molar-refractivity contribution in [2.45, 2.75) is 19.9 Å². The molecule has 0 saturated carbocycles. The fraction of sp³-hybridized carbons (Fsp3) is 0.278. The van der Waals surface area contributed by atoms with Crippen LogP contribution in [0.4, 0.5) is 0 Å². The van der Waals surface area contributed by atoms with E-state index in [1.807, 2.05) is 27.1 Å². The number of aromatic nitrogens is 2. The van der Waals surface area contributed by atoms with Crippen LogP contribution in [-0.4, -0.2) is 22.3 Å². The molecule has 0 aliphatic carbocycles. The Morgan fingerprint density at radius 3 is 2.88 bits per heavy atom. The number of hydrogen-bond acceptors (Lipinski definition) is 5. The Morgan fingerprint density at radius 1 is 1.40 bits per heavy atom. The van der Waals surface area contributed by atoms with Crippen LogP contribution in [0.5, 0.6) is 5.75 Å². The Hall–Kier alpha value is -3.09. The fourth-order valence-electron chi connectivity index (χ4n) is 2.61. The zero-order chi connectivity index (χ0) is 18.0. The average Bonchev–Trinajstić information content (AvgIpc) is 3.00. The first-order valence-corrected chi connectivity index (χ1v) is 7.98. The maximum Gasteiger partial charge on any atom is 0.337 e. The molecule has 1 N–H and O–H groups in total. The molecule has 0 spiro atoms. The number of nitrogens with one attached hydrogen (secondary N) is 1. The first-order valence-electron chi connectivity index (χ1n) is 7.98. The van der Waals surface area contributed by atoms with Gasteiger partial charge in [0.2, 0.25) is 0 Å². The molecule has 1 aromatic carbocycles. The van der Waals surface area contributed by atoms with E-state index in [9.17, 15) is 9.59 Å². The van der Waals surface area contributed by atoms with Crippen molar-refractivity contribution in [2.24, 2.45) is 7.05 Å². The van der Waals surface area contributed by atoms with E-state index in [1.54, 1.807) is 29.1 Å². The summed E-state index contributed by atoms with van der Waals surface area (Å²) in [7, 11) is 1.81. The Balaban J connectivity index is 1.94. The molecule has 25 heavy (non-hydrogen) atoms. The van der Waals surface area contributed by atoms with Crippen LogP contribution in [0, 0.1) is 0 Å². The highest BCUT2D eigenvalue weighted by molar-refractivity contribution is 6.05. The second-order valence-electron chi connectivity index (χ2n) is 5.71. The van der Waals surface area contributed by atoms with Gasteiger partial charge in [0.05, 0.1) is 24.4 Å². The largest absolute Gasteiger partial charge is 0.494 e. The molecule has 7 heteroatoms. The number of carbonyl (C=O) groups is 1. The number of benzene rings is 1. The van der Waals surface area contributed by atoms with E-state index in [0.29, 0.717) is 23.3 Å². The van der Waals surface area contributed by atoms with Gasteiger partial charge in [0, 0.05) is 36.3 Å². The highest BCUT2D eigenvalue weighted by Crippen LogP contribution is 2.23. The summed E-state index contributed by atoms with van der Waals surface area (Å²) in [5, 5.41) is 7.53. The maximum absolute atomic E-state index is 12.7. The molecule has 7 nitrogen and oxygen atoms in total. The number of amides is 1. The summed E-state index contributed by atoms with van der Waals surface area (Å²) in [6, 6.07) is 6.03. The van der Waals surface area contributed by atoms with Gasteiger partial charge in [0.15, 0.2) is 0 Å². The third-order valence-electron chi connectivity index (χ3n) is 3.84. The van der Waals surface area contributed by atoms with E-state index in [4.69, 9.17) is 9.15 Å². The molecule has 2 aromatic heterocycles. The number of aryl methyl sites for hydroxylation is 1. The summed E-state index contributed by atoms with van der Waals surface area (Å²) in [4.78, 5) is 24.5. The lowest BCUT2D eigenvalue weighted by atomic mass is 10.1. The Morgan fingerprint density at radius 2 is 2.20 bits per heavy atom. The molecule has 0 radical (unpaired) electrons. The normalized spacial score (nSPS) is 12.1. The van der Waals surface area contributed by atoms with Gasteiger partial charge in [0.1, 0.15) is 11.3 Å². The van der Waals surface area contributed by atoms with Crippen molar-refractivity contribution in [3.63, 3.8) is 0 Å². The minimum Gasteiger partial charge on any atom is -0.494 e. The predicted octanol–water partition coefficient (Wildman–Crippen LogP) is 2.42. The number of ether oxygens (including phenoxy) is 1. The van der Waals surface area contributed by atoms with E-state index in [2.05, 4.69) is 10.4 Å². The summed E-state index contributed by atoms with van der Waals surface area (Å²) in [6.45, 7) is 4.22. The standard InChI is InChI=1S/C18H19N3O4/c1-4-24-13-5-6-14-15(8-17(22)25-16(14)7-13)18(23)20-11(2)12-9-19-21(3)10-12/h5-11H,4H2,1-3H3,(H,20,23). The second-order valence-corrected chi connectivity index (χ2v) is 5.71. The molecular formula is C18H19N3O4. The van der Waals surface area contributed by atoms with Crippen molar-refractivity contribution < 1.29 is 13.9 Å². The van der Waals surface area contributed by atoms with Gasteiger partial charge in [-0.15, -0.1) is 0 Å². The number of carbonyl (C=O) groups excluding carboxylic acids is 1. The van der Waals surface area contributed by atoms with Crippen LogP contribution in [0.15, 0.2) is 45.9 Å². The minimum atomic E-state index is -0.583. The van der Waals surface area contributed by atoms with Crippen LogP contribution in [0.1, 0.15) is 35.8 Å². The summed E-state index contributed by atoms with van der Waals surface area (Å²) < 4.78 is 12.3. The first-order chi connectivity index (χ1) is 12.0. The Bertz CT molecular complexity index is 974. The van der Waals surface area contributed by atoms with E-state index >= 15 is 0 Å². The number of fused-ring (bicyclic) bond motifs is 1. The predicted molar refractivity (Wildman–Crippen MR) is 92.7 cm³/mol. The third-order valence-corrected chi connectivity index (χ3v) is 3.84. The van der Waals surface area contributed by atoms with Crippen molar-refractivity contribution in [3.8, 4) is 5.75 Å². The monoisotopic (exact) mass is 341 g/mol. The first kappa shape index (κ1) is 16.8. The van der Waals surface area contributed by atoms with Gasteiger partial charge in [-0.25, -0.2) is 4.79 Å². The molecular weight excluding hydrogens is 322 g/mol. The molecule has 0 saturated heterocycles. The van der Waals surface area contributed by atoms with Gasteiger partial charge in [-0.3, -0.25) is 9.48 Å². The molecule has 3 aromatic rings. The molecule has 1 unspecified atom stereocenters. The lowest BCUT2D eigenvalue weighted by Crippen LogP contribution is -2.27. The maximum atomic E-state index is 12.7. The summed E-state index contributed by atoms with van der Waals surface area (Å²) >= 11 is 0. The highest BCUT2D eigenvalue weighted by Gasteiger charge is 2.17. The second kappa shape index (κ2) is 6.80. The highest BCUT2D eigenvalue weighted by atomic mass is 16.5. The molecule has 0 aliphatic heterocycles. The van der Waals surface area contributed by atoms with Crippen molar-refractivity contribution in [1.82, 2.24) is 15.1 Å². The van der Waals surface area contributed by atoms with Gasteiger partial charge >= 0.3 is 5.63 Å². The zero-order valence-electron chi connectivity index (χ0n) is 14.3. The van der Waals surface area contributed by atoms with E-state index in [1.165, 1.54) is 6.07 Å². The van der Waals surface area contributed by atoms with Crippen LogP contribution in [0.25, 0.3) is 11.0 Å². The average molecular weight is 341 g/mol. The number of hydrogen-bond donors (Lipinski definition) is 1. The van der Waals surface area contributed by atoms with E-state index in [0.717, 1.165) is 5.56 Å². The summed E-state index contributed by atoms with van der Waals surface area (Å²) in [5.41, 5.74) is 0.879. The van der Waals surface area contributed by atoms with Crippen LogP contribution in [0.3, 0.4) is 0 Å². The molecule has 0 aliphatic rings. The van der Waals surface area contributed by atoms with Crippen molar-refractivity contribution >= 4 is 16.9 Å². The molecule has 0 fully saturated rings. The van der Waals surface area contributed by atoms with Crippen molar-refractivity contribution in [1.29, 1.82) is 0 Å². The number of nitrogens with zero attached hydrogens (tertiary/aromatic N) is 2. The minimum absolute atomic E-state index is 0.244. The van der Waals surface area contributed by atoms with Gasteiger partial charge in [0.25, 0.3) is 5.91 Å². The van der Waals surface area contributed by atoms with Gasteiger partial charge < -0.3 is 14.5 Å². The third kappa shape index (κ3) is 3.55. The van der Waals surface area contributed by atoms with Gasteiger partial charge in [-0.1, -0.05) is 0 Å². The summed E-state index contributed by atoms with van der Waals surface area (Å²) in [6.07, 6.45) is 3.52. The van der Waals surface area contributed by atoms with Crippen LogP contribution in [0.2, 0.25) is 0 Å². The molecule has 3 rings (SSSR count). The van der Waals surface area contributed by atoms with E-state index < -0.39 is 5.63 Å². The molecule has 130 valence electrons. The molecule has 2 heterocycles. The smallest absolute Gasteiger partial charge is 0.337 e. The topological polar surface area (TPSA) is 86.4 Å². The number of rotatable bonds is 5. The van der Waals surface area contributed by atoms with Gasteiger partial charge in [-0.05, 0) is 26.0 Å². The lowest BCUT2D eigenvalue weighted by molar-refractivity contribution is 0.0941. The lowest BCUT2D eigenvalue weighted by Gasteiger charge is -2.13. The molecule has 0 bridgehead atoms. The Kier molecular flexibility index (Phi) is 4.56. The summed E-state index contributed by atoms with van der Waals surface area (Å²) in [5.74, 6) is 0.234. The van der Waals surface area contributed by atoms with Crippen LogP contribution >= 0.6 is 0 Å². The van der Waals surface area contributed by atoms with Crippen molar-refractivity contribution in [2.75, 3.05) is 6.61 Å². The molecule has 1 amide bonds. The fourth-order valence-corrected chi connectivity index (χ4v) is 2.61. The Labute approximate surface area is 144 Å². The SMILES string of the molecule is CCOc1ccc2c(C(=O)NC(C)c3cnn(C)c3)cc(=O)oc2c1. The van der Waals surface area contributed by atoms with Crippen LogP contribution in [-0.2, 0) is 7.05 Å².